The zero-order chi connectivity index (χ0) is 21.7. The Balaban J connectivity index is 1.75. The fraction of sp³-hybridized carbons (Fsp3) is 0. The van der Waals surface area contributed by atoms with Crippen molar-refractivity contribution < 1.29 is 9.59 Å². The zero-order valence-corrected chi connectivity index (χ0v) is 17.1. The van der Waals surface area contributed by atoms with Crippen LogP contribution in [0, 0.1) is 0 Å². The van der Waals surface area contributed by atoms with E-state index in [1.807, 2.05) is 84.9 Å². The maximum atomic E-state index is 13.5. The number of amides is 2. The lowest BCUT2D eigenvalue weighted by atomic mass is 10.0. The largest absolute Gasteiger partial charge is 0.281 e. The second kappa shape index (κ2) is 7.06. The Bertz CT molecular complexity index is 1390. The van der Waals surface area contributed by atoms with Gasteiger partial charge in [0.2, 0.25) is 0 Å². The third kappa shape index (κ3) is 2.56. The standard InChI is InChI=1S/C28H18N2O2/c31-27-23-17-9-10-18-24(23)28(32)30(27)29-25(19-11-3-1-4-12-19)21-15-7-8-16-22(21)26(29)20-13-5-2-6-14-20/h1-18H. The Morgan fingerprint density at radius 1 is 0.438 bits per heavy atom. The molecule has 4 heteroatoms. The van der Waals surface area contributed by atoms with E-state index < -0.39 is 0 Å². The molecule has 2 heterocycles. The fourth-order valence-electron chi connectivity index (χ4n) is 4.54. The summed E-state index contributed by atoms with van der Waals surface area (Å²) < 4.78 is 1.81. The molecule has 5 aromatic rings. The number of nitrogens with zero attached hydrogens (tertiary/aromatic N) is 2. The lowest BCUT2D eigenvalue weighted by Gasteiger charge is -2.22. The molecule has 152 valence electrons. The van der Waals surface area contributed by atoms with Crippen LogP contribution in [-0.4, -0.2) is 16.5 Å². The topological polar surface area (TPSA) is 42.3 Å². The third-order valence-electron chi connectivity index (χ3n) is 5.93. The molecule has 1 aliphatic rings. The van der Waals surface area contributed by atoms with Gasteiger partial charge in [-0.15, -0.1) is 0 Å². The maximum absolute atomic E-state index is 13.5. The van der Waals surface area contributed by atoms with Crippen LogP contribution >= 0.6 is 0 Å². The van der Waals surface area contributed by atoms with Crippen LogP contribution in [-0.2, 0) is 0 Å². The van der Waals surface area contributed by atoms with Crippen molar-refractivity contribution in [3.05, 3.63) is 120 Å². The number of carbonyl (C=O) groups is 2. The van der Waals surface area contributed by atoms with Crippen LogP contribution < -0.4 is 5.01 Å². The van der Waals surface area contributed by atoms with Gasteiger partial charge in [0.15, 0.2) is 0 Å². The summed E-state index contributed by atoms with van der Waals surface area (Å²) in [6.07, 6.45) is 0. The predicted octanol–water partition coefficient (Wildman–Crippen LogP) is 5.91. The first-order valence-electron chi connectivity index (χ1n) is 10.5. The molecule has 0 unspecified atom stereocenters. The predicted molar refractivity (Wildman–Crippen MR) is 126 cm³/mol. The summed E-state index contributed by atoms with van der Waals surface area (Å²) in [4.78, 5) is 27.1. The molecular formula is C28H18N2O2. The van der Waals surface area contributed by atoms with Gasteiger partial charge in [0, 0.05) is 21.9 Å². The van der Waals surface area contributed by atoms with Crippen molar-refractivity contribution in [1.29, 1.82) is 0 Å². The van der Waals surface area contributed by atoms with Gasteiger partial charge in [-0.3, -0.25) is 9.59 Å². The van der Waals surface area contributed by atoms with Crippen molar-refractivity contribution in [2.75, 3.05) is 5.01 Å². The molecule has 4 aromatic carbocycles. The van der Waals surface area contributed by atoms with Gasteiger partial charge in [-0.25, -0.2) is 4.68 Å². The normalized spacial score (nSPS) is 13.1. The minimum atomic E-state index is -0.319. The Kier molecular flexibility index (Phi) is 4.05. The highest BCUT2D eigenvalue weighted by atomic mass is 16.2. The first kappa shape index (κ1) is 18.3. The summed E-state index contributed by atoms with van der Waals surface area (Å²) in [5, 5.41) is 3.25. The van der Waals surface area contributed by atoms with Gasteiger partial charge in [-0.1, -0.05) is 97.1 Å². The highest BCUT2D eigenvalue weighted by molar-refractivity contribution is 6.31. The van der Waals surface area contributed by atoms with Crippen LogP contribution in [0.25, 0.3) is 33.3 Å². The van der Waals surface area contributed by atoms with Crippen molar-refractivity contribution in [2.45, 2.75) is 0 Å². The smallest absolute Gasteiger partial charge is 0.267 e. The number of rotatable bonds is 3. The first-order valence-corrected chi connectivity index (χ1v) is 10.5. The monoisotopic (exact) mass is 414 g/mol. The molecular weight excluding hydrogens is 396 g/mol. The minimum absolute atomic E-state index is 0.319. The van der Waals surface area contributed by atoms with Crippen LogP contribution in [0.2, 0.25) is 0 Å². The minimum Gasteiger partial charge on any atom is -0.267 e. The van der Waals surface area contributed by atoms with Gasteiger partial charge in [-0.05, 0) is 12.1 Å². The average Bonchev–Trinajstić information content (AvgIpc) is 3.32. The van der Waals surface area contributed by atoms with Gasteiger partial charge in [0.25, 0.3) is 11.8 Å². The molecule has 0 bridgehead atoms. The van der Waals surface area contributed by atoms with Crippen LogP contribution in [0.4, 0.5) is 0 Å². The van der Waals surface area contributed by atoms with Crippen LogP contribution in [0.1, 0.15) is 20.7 Å². The van der Waals surface area contributed by atoms with Crippen LogP contribution in [0.3, 0.4) is 0 Å². The second-order valence-corrected chi connectivity index (χ2v) is 7.75. The summed E-state index contributed by atoms with van der Waals surface area (Å²) in [5.41, 5.74) is 4.34. The molecule has 0 aliphatic carbocycles. The number of aromatic nitrogens is 1. The molecule has 4 nitrogen and oxygen atoms in total. The van der Waals surface area contributed by atoms with Crippen LogP contribution in [0.5, 0.6) is 0 Å². The molecule has 0 radical (unpaired) electrons. The van der Waals surface area contributed by atoms with E-state index >= 15 is 0 Å². The zero-order valence-electron chi connectivity index (χ0n) is 17.1. The van der Waals surface area contributed by atoms with E-state index in [1.165, 1.54) is 5.01 Å². The number of carbonyl (C=O) groups excluding carboxylic acids is 2. The van der Waals surface area contributed by atoms with Gasteiger partial charge in [0.05, 0.1) is 22.5 Å². The summed E-state index contributed by atoms with van der Waals surface area (Å²) >= 11 is 0. The van der Waals surface area contributed by atoms with E-state index in [2.05, 4.69) is 0 Å². The maximum Gasteiger partial charge on any atom is 0.281 e. The average molecular weight is 414 g/mol. The van der Waals surface area contributed by atoms with Gasteiger partial charge in [0.1, 0.15) is 0 Å². The summed E-state index contributed by atoms with van der Waals surface area (Å²) in [7, 11) is 0. The molecule has 0 spiro atoms. The van der Waals surface area contributed by atoms with Crippen molar-refractivity contribution in [2.24, 2.45) is 0 Å². The van der Waals surface area contributed by atoms with Crippen molar-refractivity contribution in [1.82, 2.24) is 4.68 Å². The quantitative estimate of drug-likeness (QED) is 0.345. The molecule has 0 N–H and O–H groups in total. The number of benzene rings is 4. The SMILES string of the molecule is O=C1c2ccccc2C(=O)N1n1c(-c2ccccc2)c2ccccc2c1-c1ccccc1. The molecule has 0 saturated carbocycles. The van der Waals surface area contributed by atoms with Gasteiger partial charge < -0.3 is 0 Å². The van der Waals surface area contributed by atoms with E-state index in [0.29, 0.717) is 11.1 Å². The van der Waals surface area contributed by atoms with E-state index in [0.717, 1.165) is 33.3 Å². The Hall–Kier alpha value is -4.44. The highest BCUT2D eigenvalue weighted by Gasteiger charge is 2.39. The lowest BCUT2D eigenvalue weighted by Crippen LogP contribution is -2.40. The fourth-order valence-corrected chi connectivity index (χ4v) is 4.54. The van der Waals surface area contributed by atoms with Crippen molar-refractivity contribution in [3.63, 3.8) is 0 Å². The number of imide groups is 1. The second-order valence-electron chi connectivity index (χ2n) is 7.75. The lowest BCUT2D eigenvalue weighted by molar-refractivity contribution is 0.0888. The molecule has 6 rings (SSSR count). The molecule has 1 aliphatic heterocycles. The molecule has 2 amide bonds. The molecule has 0 saturated heterocycles. The summed E-state index contributed by atoms with van der Waals surface area (Å²) in [6.45, 7) is 0. The molecule has 32 heavy (non-hydrogen) atoms. The molecule has 0 atom stereocenters. The number of hydrogen-bond donors (Lipinski definition) is 0. The van der Waals surface area contributed by atoms with Crippen LogP contribution in [0.15, 0.2) is 109 Å². The molecule has 0 fully saturated rings. The molecule has 1 aromatic heterocycles. The van der Waals surface area contributed by atoms with Crippen molar-refractivity contribution >= 4 is 22.6 Å². The third-order valence-corrected chi connectivity index (χ3v) is 5.93. The van der Waals surface area contributed by atoms with Gasteiger partial charge >= 0.3 is 0 Å². The van der Waals surface area contributed by atoms with E-state index in [-0.39, 0.29) is 11.8 Å². The number of fused-ring (bicyclic) bond motifs is 2. The van der Waals surface area contributed by atoms with Gasteiger partial charge in [-0.2, -0.15) is 5.01 Å². The Morgan fingerprint density at radius 3 is 1.25 bits per heavy atom. The van der Waals surface area contributed by atoms with E-state index in [1.54, 1.807) is 28.9 Å². The Labute approximate surface area is 184 Å². The summed E-state index contributed by atoms with van der Waals surface area (Å²) in [5.74, 6) is -0.638. The Morgan fingerprint density at radius 2 is 0.812 bits per heavy atom. The van der Waals surface area contributed by atoms with Crippen molar-refractivity contribution in [3.8, 4) is 22.5 Å². The van der Waals surface area contributed by atoms with E-state index in [9.17, 15) is 9.59 Å². The van der Waals surface area contributed by atoms with E-state index in [4.69, 9.17) is 0 Å². The highest BCUT2D eigenvalue weighted by Crippen LogP contribution is 2.41. The summed E-state index contributed by atoms with van der Waals surface area (Å²) in [6, 6.07) is 34.8. The first-order chi connectivity index (χ1) is 15.8. The number of hydrogen-bond acceptors (Lipinski definition) is 2.